The van der Waals surface area contributed by atoms with Gasteiger partial charge in [-0.2, -0.15) is 0 Å². The Labute approximate surface area is 118 Å². The Morgan fingerprint density at radius 3 is 2.67 bits per heavy atom. The van der Waals surface area contributed by atoms with Crippen LogP contribution in [-0.2, 0) is 15.9 Å². The van der Waals surface area contributed by atoms with E-state index in [1.807, 2.05) is 0 Å². The fourth-order valence-corrected chi connectivity index (χ4v) is 5.02. The molecule has 0 bridgehead atoms. The summed E-state index contributed by atoms with van der Waals surface area (Å²) in [5.74, 6) is 0.892. The lowest BCUT2D eigenvalue weighted by molar-refractivity contribution is 0.387. The summed E-state index contributed by atoms with van der Waals surface area (Å²) in [7, 11) is -1.66. The first-order chi connectivity index (χ1) is 8.54. The van der Waals surface area contributed by atoms with Crippen molar-refractivity contribution in [3.8, 4) is 0 Å². The molecular weight excluding hydrogens is 290 g/mol. The van der Waals surface area contributed by atoms with E-state index in [0.717, 1.165) is 17.7 Å². The van der Waals surface area contributed by atoms with Crippen LogP contribution in [0.4, 0.5) is 0 Å². The van der Waals surface area contributed by atoms with Crippen LogP contribution in [0, 0.1) is 5.92 Å². The molecule has 0 aliphatic heterocycles. The Morgan fingerprint density at radius 1 is 1.44 bits per heavy atom. The second kappa shape index (κ2) is 5.90. The third kappa shape index (κ3) is 3.07. The Morgan fingerprint density at radius 2 is 2.11 bits per heavy atom. The third-order valence-corrected chi connectivity index (χ3v) is 6.79. The molecule has 3 nitrogen and oxygen atoms in total. The molecule has 1 saturated carbocycles. The van der Waals surface area contributed by atoms with Gasteiger partial charge in [-0.15, -0.1) is 22.9 Å². The van der Waals surface area contributed by atoms with Gasteiger partial charge in [-0.05, 0) is 24.8 Å². The fourth-order valence-electron chi connectivity index (χ4n) is 2.40. The molecule has 1 aromatic heterocycles. The van der Waals surface area contributed by atoms with E-state index in [4.69, 9.17) is 11.6 Å². The SMILES string of the molecule is CN(CC1CCCC1)S(=O)(=O)c1csc(CCl)c1. The lowest BCUT2D eigenvalue weighted by Crippen LogP contribution is -2.31. The molecule has 6 heteroatoms. The second-order valence-electron chi connectivity index (χ2n) is 4.82. The normalized spacial score (nSPS) is 17.7. The highest BCUT2D eigenvalue weighted by Gasteiger charge is 2.26. The van der Waals surface area contributed by atoms with E-state index in [-0.39, 0.29) is 0 Å². The second-order valence-corrected chi connectivity index (χ2v) is 8.13. The summed E-state index contributed by atoms with van der Waals surface area (Å²) in [6.07, 6.45) is 4.76. The van der Waals surface area contributed by atoms with Gasteiger partial charge < -0.3 is 0 Å². The van der Waals surface area contributed by atoms with Gasteiger partial charge in [-0.1, -0.05) is 12.8 Å². The number of thiophene rings is 1. The van der Waals surface area contributed by atoms with E-state index in [1.54, 1.807) is 18.5 Å². The molecule has 0 atom stereocenters. The minimum atomic E-state index is -3.33. The van der Waals surface area contributed by atoms with Crippen molar-refractivity contribution in [3.05, 3.63) is 16.3 Å². The molecular formula is C12H18ClNO2S2. The van der Waals surface area contributed by atoms with Crippen molar-refractivity contribution in [1.29, 1.82) is 0 Å². The van der Waals surface area contributed by atoms with Gasteiger partial charge in [-0.3, -0.25) is 0 Å². The number of hydrogen-bond donors (Lipinski definition) is 0. The number of alkyl halides is 1. The topological polar surface area (TPSA) is 37.4 Å². The Bertz CT molecular complexity index is 492. The monoisotopic (exact) mass is 307 g/mol. The summed E-state index contributed by atoms with van der Waals surface area (Å²) in [6.45, 7) is 0.633. The number of nitrogens with zero attached hydrogens (tertiary/aromatic N) is 1. The van der Waals surface area contributed by atoms with Gasteiger partial charge in [0.05, 0.1) is 10.8 Å². The molecule has 0 N–H and O–H groups in total. The lowest BCUT2D eigenvalue weighted by Gasteiger charge is -2.20. The maximum absolute atomic E-state index is 12.3. The van der Waals surface area contributed by atoms with Crippen molar-refractivity contribution >= 4 is 33.0 Å². The molecule has 2 rings (SSSR count). The number of halogens is 1. The van der Waals surface area contributed by atoms with Gasteiger partial charge in [0.15, 0.2) is 0 Å². The summed E-state index contributed by atoms with van der Waals surface area (Å²) in [5.41, 5.74) is 0. The van der Waals surface area contributed by atoms with Gasteiger partial charge in [0, 0.05) is 23.8 Å². The largest absolute Gasteiger partial charge is 0.243 e. The van der Waals surface area contributed by atoms with Crippen molar-refractivity contribution in [2.75, 3.05) is 13.6 Å². The van der Waals surface area contributed by atoms with Gasteiger partial charge in [0.2, 0.25) is 10.0 Å². The molecule has 18 heavy (non-hydrogen) atoms. The fraction of sp³-hybridized carbons (Fsp3) is 0.667. The Balaban J connectivity index is 2.09. The molecule has 0 unspecified atom stereocenters. The highest BCUT2D eigenvalue weighted by molar-refractivity contribution is 7.89. The molecule has 0 saturated heterocycles. The summed E-state index contributed by atoms with van der Waals surface area (Å²) < 4.78 is 26.2. The molecule has 1 aromatic rings. The van der Waals surface area contributed by atoms with Crippen molar-refractivity contribution in [3.63, 3.8) is 0 Å². The first-order valence-electron chi connectivity index (χ1n) is 6.13. The van der Waals surface area contributed by atoms with E-state index >= 15 is 0 Å². The third-order valence-electron chi connectivity index (χ3n) is 3.46. The first kappa shape index (κ1) is 14.3. The van der Waals surface area contributed by atoms with Crippen molar-refractivity contribution < 1.29 is 8.42 Å². The van der Waals surface area contributed by atoms with Gasteiger partial charge in [0.1, 0.15) is 0 Å². The van der Waals surface area contributed by atoms with Crippen LogP contribution >= 0.6 is 22.9 Å². The van der Waals surface area contributed by atoms with Gasteiger partial charge in [-0.25, -0.2) is 12.7 Å². The molecule has 0 amide bonds. The van der Waals surface area contributed by atoms with Crippen molar-refractivity contribution in [2.45, 2.75) is 36.5 Å². The number of sulfonamides is 1. The average Bonchev–Trinajstić information content (AvgIpc) is 2.99. The summed E-state index contributed by atoms with van der Waals surface area (Å²) in [4.78, 5) is 1.27. The van der Waals surface area contributed by atoms with Crippen molar-refractivity contribution in [1.82, 2.24) is 4.31 Å². The molecule has 1 aliphatic carbocycles. The zero-order chi connectivity index (χ0) is 13.2. The molecule has 0 radical (unpaired) electrons. The van der Waals surface area contributed by atoms with Crippen LogP contribution in [0.3, 0.4) is 0 Å². The highest BCUT2D eigenvalue weighted by atomic mass is 35.5. The summed E-state index contributed by atoms with van der Waals surface area (Å²) in [5, 5.41) is 1.68. The maximum atomic E-state index is 12.3. The number of hydrogen-bond acceptors (Lipinski definition) is 3. The molecule has 1 aliphatic rings. The lowest BCUT2D eigenvalue weighted by atomic mass is 10.1. The zero-order valence-electron chi connectivity index (χ0n) is 10.4. The van der Waals surface area contributed by atoms with Crippen LogP contribution in [0.1, 0.15) is 30.6 Å². The van der Waals surface area contributed by atoms with Crippen molar-refractivity contribution in [2.24, 2.45) is 5.92 Å². The van der Waals surface area contributed by atoms with Crippen LogP contribution in [0.25, 0.3) is 0 Å². The molecule has 0 spiro atoms. The molecule has 102 valence electrons. The number of rotatable bonds is 5. The van der Waals surface area contributed by atoms with Crippen LogP contribution in [0.15, 0.2) is 16.3 Å². The molecule has 0 aromatic carbocycles. The van der Waals surface area contributed by atoms with Crippen LogP contribution in [0.5, 0.6) is 0 Å². The first-order valence-corrected chi connectivity index (χ1v) is 8.99. The van der Waals surface area contributed by atoms with E-state index in [2.05, 4.69) is 0 Å². The predicted molar refractivity (Wildman–Crippen MR) is 75.6 cm³/mol. The summed E-state index contributed by atoms with van der Waals surface area (Å²) >= 11 is 7.11. The van der Waals surface area contributed by atoms with Gasteiger partial charge in [0.25, 0.3) is 0 Å². The van der Waals surface area contributed by atoms with E-state index in [1.165, 1.54) is 28.5 Å². The smallest absolute Gasteiger partial charge is 0.207 e. The van der Waals surface area contributed by atoms with E-state index < -0.39 is 10.0 Å². The minimum Gasteiger partial charge on any atom is -0.207 e. The van der Waals surface area contributed by atoms with Gasteiger partial charge >= 0.3 is 0 Å². The van der Waals surface area contributed by atoms with E-state index in [9.17, 15) is 8.42 Å². The predicted octanol–water partition coefficient (Wildman–Crippen LogP) is 3.30. The highest BCUT2D eigenvalue weighted by Crippen LogP contribution is 2.28. The minimum absolute atomic E-state index is 0.368. The molecule has 1 heterocycles. The average molecular weight is 308 g/mol. The van der Waals surface area contributed by atoms with Crippen LogP contribution in [-0.4, -0.2) is 26.3 Å². The summed E-state index contributed by atoms with van der Waals surface area (Å²) in [6, 6.07) is 1.68. The Kier molecular flexibility index (Phi) is 4.69. The standard InChI is InChI=1S/C12H18ClNO2S2/c1-14(8-10-4-2-3-5-10)18(15,16)12-6-11(7-13)17-9-12/h6,9-10H,2-5,7-8H2,1H3. The maximum Gasteiger partial charge on any atom is 0.243 e. The quantitative estimate of drug-likeness (QED) is 0.783. The van der Waals surface area contributed by atoms with Crippen LogP contribution < -0.4 is 0 Å². The Hall–Kier alpha value is -0.100. The molecule has 1 fully saturated rings. The van der Waals surface area contributed by atoms with Crippen LogP contribution in [0.2, 0.25) is 0 Å². The zero-order valence-corrected chi connectivity index (χ0v) is 12.8. The van der Waals surface area contributed by atoms with E-state index in [0.29, 0.717) is 23.2 Å².